The highest BCUT2D eigenvalue weighted by Crippen LogP contribution is 2.40. The second-order valence-corrected chi connectivity index (χ2v) is 6.80. The van der Waals surface area contributed by atoms with Crippen molar-refractivity contribution >= 4 is 7.12 Å². The summed E-state index contributed by atoms with van der Waals surface area (Å²) in [6.07, 6.45) is 2.72. The molecule has 2 fully saturated rings. The molecule has 1 heterocycles. The lowest BCUT2D eigenvalue weighted by atomic mass is 9.79. The summed E-state index contributed by atoms with van der Waals surface area (Å²) in [6, 6.07) is 0. The molecule has 1 aliphatic carbocycles. The molecule has 21 heavy (non-hydrogen) atoms. The third-order valence-electron chi connectivity index (χ3n) is 4.76. The first-order valence-electron chi connectivity index (χ1n) is 7.67. The molecule has 0 atom stereocenters. The highest BCUT2D eigenvalue weighted by Gasteiger charge is 2.53. The van der Waals surface area contributed by atoms with Crippen LogP contribution in [0.25, 0.3) is 0 Å². The van der Waals surface area contributed by atoms with Crippen molar-refractivity contribution < 1.29 is 22.8 Å². The number of hydrogen-bond acceptors (Lipinski definition) is 3. The monoisotopic (exact) mass is 302 g/mol. The third kappa shape index (κ3) is 3.66. The van der Waals surface area contributed by atoms with Crippen LogP contribution in [0, 0.1) is 0 Å². The normalized spacial score (nSPS) is 28.0. The summed E-state index contributed by atoms with van der Waals surface area (Å²) in [5.41, 5.74) is -0.611. The first kappa shape index (κ1) is 16.9. The topological polar surface area (TPSA) is 27.7 Å². The molecule has 0 aromatic heterocycles. The third-order valence-corrected chi connectivity index (χ3v) is 4.76. The van der Waals surface area contributed by atoms with Gasteiger partial charge in [0, 0.05) is 0 Å². The Bertz CT molecular complexity index is 384. The van der Waals surface area contributed by atoms with Gasteiger partial charge >= 0.3 is 7.12 Å². The van der Waals surface area contributed by atoms with Crippen LogP contribution in [-0.2, 0) is 14.0 Å². The van der Waals surface area contributed by atoms with Gasteiger partial charge in [-0.2, -0.15) is 0 Å². The van der Waals surface area contributed by atoms with E-state index in [0.717, 1.165) is 18.4 Å². The Morgan fingerprint density at radius 3 is 2.19 bits per heavy atom. The van der Waals surface area contributed by atoms with Gasteiger partial charge in [0.15, 0.2) is 0 Å². The van der Waals surface area contributed by atoms with Gasteiger partial charge in [-0.25, -0.2) is 8.78 Å². The number of rotatable bonds is 4. The molecule has 120 valence electrons. The molecule has 2 rings (SSSR count). The Balaban J connectivity index is 1.96. The van der Waals surface area contributed by atoms with Crippen molar-refractivity contribution in [3.05, 3.63) is 11.3 Å². The fourth-order valence-corrected chi connectivity index (χ4v) is 2.67. The lowest BCUT2D eigenvalue weighted by Crippen LogP contribution is -2.41. The van der Waals surface area contributed by atoms with Crippen LogP contribution in [0.2, 0.25) is 0 Å². The summed E-state index contributed by atoms with van der Waals surface area (Å²) >= 11 is 0. The van der Waals surface area contributed by atoms with Crippen molar-refractivity contribution in [1.29, 1.82) is 0 Å². The van der Waals surface area contributed by atoms with E-state index in [0.29, 0.717) is 12.8 Å². The minimum Gasteiger partial charge on any atom is -0.398 e. The van der Waals surface area contributed by atoms with Crippen molar-refractivity contribution in [1.82, 2.24) is 0 Å². The second kappa shape index (κ2) is 6.35. The average Bonchev–Trinajstić information content (AvgIpc) is 2.65. The zero-order chi connectivity index (χ0) is 15.7. The molecule has 1 saturated carbocycles. The van der Waals surface area contributed by atoms with Crippen LogP contribution in [0.3, 0.4) is 0 Å². The molecule has 1 aliphatic heterocycles. The predicted octanol–water partition coefficient (Wildman–Crippen LogP) is 3.77. The zero-order valence-electron chi connectivity index (χ0n) is 13.4. The van der Waals surface area contributed by atoms with Crippen LogP contribution < -0.4 is 0 Å². The van der Waals surface area contributed by atoms with E-state index in [1.165, 1.54) is 0 Å². The molecule has 0 aromatic rings. The molecule has 6 heteroatoms. The first-order valence-corrected chi connectivity index (χ1v) is 7.67. The highest BCUT2D eigenvalue weighted by molar-refractivity contribution is 6.53. The summed E-state index contributed by atoms with van der Waals surface area (Å²) < 4.78 is 43.5. The molecule has 0 bridgehead atoms. The van der Waals surface area contributed by atoms with Crippen molar-refractivity contribution in [2.24, 2.45) is 0 Å². The Kier molecular flexibility index (Phi) is 5.11. The van der Waals surface area contributed by atoms with E-state index in [-0.39, 0.29) is 18.4 Å². The van der Waals surface area contributed by atoms with E-state index in [1.54, 1.807) is 0 Å². The average molecular weight is 302 g/mol. The van der Waals surface area contributed by atoms with Crippen LogP contribution in [0.1, 0.15) is 53.4 Å². The summed E-state index contributed by atoms with van der Waals surface area (Å²) in [5, 5.41) is 0. The number of halogens is 2. The number of alkyl halides is 1. The smallest absolute Gasteiger partial charge is 0.398 e. The molecular formula is C15H25BF2O3. The molecular weight excluding hydrogens is 277 g/mol. The maximum atomic E-state index is 14.6. The molecule has 0 radical (unpaired) electrons. The Hall–Kier alpha value is -0.455. The minimum absolute atomic E-state index is 0.0376. The minimum atomic E-state index is -0.909. The molecule has 2 aliphatic rings. The second-order valence-electron chi connectivity index (χ2n) is 6.80. The molecule has 0 N–H and O–H groups in total. The number of allylic oxidation sites excluding steroid dienone is 1. The van der Waals surface area contributed by atoms with Crippen LogP contribution in [0.5, 0.6) is 0 Å². The highest BCUT2D eigenvalue weighted by atomic mass is 19.1. The van der Waals surface area contributed by atoms with Gasteiger partial charge < -0.3 is 14.0 Å². The van der Waals surface area contributed by atoms with Gasteiger partial charge in [0.25, 0.3) is 0 Å². The van der Waals surface area contributed by atoms with E-state index in [1.807, 2.05) is 27.7 Å². The van der Waals surface area contributed by atoms with E-state index in [2.05, 4.69) is 0 Å². The lowest BCUT2D eigenvalue weighted by Gasteiger charge is -2.32. The van der Waals surface area contributed by atoms with Gasteiger partial charge in [0.05, 0.1) is 23.9 Å². The number of hydrogen-bond donors (Lipinski definition) is 0. The molecule has 0 aromatic carbocycles. The predicted molar refractivity (Wildman–Crippen MR) is 78.4 cm³/mol. The van der Waals surface area contributed by atoms with Crippen molar-refractivity contribution in [3.63, 3.8) is 0 Å². The summed E-state index contributed by atoms with van der Waals surface area (Å²) in [6.45, 7) is 7.30. The fourth-order valence-electron chi connectivity index (χ4n) is 2.67. The maximum Gasteiger partial charge on any atom is 0.525 e. The van der Waals surface area contributed by atoms with E-state index < -0.39 is 25.0 Å². The van der Waals surface area contributed by atoms with Crippen molar-refractivity contribution in [2.45, 2.75) is 70.7 Å². The zero-order valence-corrected chi connectivity index (χ0v) is 13.4. The van der Waals surface area contributed by atoms with Gasteiger partial charge in [-0.1, -0.05) is 0 Å². The molecule has 0 unspecified atom stereocenters. The quantitative estimate of drug-likeness (QED) is 0.740. The summed E-state index contributed by atoms with van der Waals surface area (Å²) in [4.78, 5) is 0. The largest absolute Gasteiger partial charge is 0.525 e. The van der Waals surface area contributed by atoms with Gasteiger partial charge in [-0.15, -0.1) is 0 Å². The summed E-state index contributed by atoms with van der Waals surface area (Å²) in [7, 11) is -0.909. The molecule has 0 amide bonds. The SMILES string of the molecule is CC1(C)OB(C(F)=C2CCC(OCCF)CC2)OC1(C)C. The Morgan fingerprint density at radius 1 is 1.19 bits per heavy atom. The van der Waals surface area contributed by atoms with E-state index >= 15 is 0 Å². The van der Waals surface area contributed by atoms with Crippen LogP contribution in [0.4, 0.5) is 8.78 Å². The van der Waals surface area contributed by atoms with Gasteiger partial charge in [-0.05, 0) is 59.0 Å². The van der Waals surface area contributed by atoms with Crippen LogP contribution in [0.15, 0.2) is 11.3 Å². The van der Waals surface area contributed by atoms with Crippen molar-refractivity contribution in [3.8, 4) is 0 Å². The molecule has 1 saturated heterocycles. The first-order chi connectivity index (χ1) is 9.77. The van der Waals surface area contributed by atoms with Gasteiger partial charge in [0.2, 0.25) is 0 Å². The van der Waals surface area contributed by atoms with E-state index in [4.69, 9.17) is 14.0 Å². The lowest BCUT2D eigenvalue weighted by molar-refractivity contribution is 0.00578. The molecule has 0 spiro atoms. The van der Waals surface area contributed by atoms with Gasteiger partial charge in [-0.3, -0.25) is 0 Å². The standard InChI is InChI=1S/C15H25BF2O3/c1-14(2)15(3,4)21-16(20-14)13(18)11-5-7-12(8-6-11)19-10-9-17/h12H,5-10H2,1-4H3. The van der Waals surface area contributed by atoms with Crippen LogP contribution in [-0.4, -0.2) is 37.7 Å². The number of ether oxygens (including phenoxy) is 1. The maximum absolute atomic E-state index is 14.6. The molecule has 3 nitrogen and oxygen atoms in total. The van der Waals surface area contributed by atoms with E-state index in [9.17, 15) is 8.78 Å². The Labute approximate surface area is 126 Å². The summed E-state index contributed by atoms with van der Waals surface area (Å²) in [5.74, 6) is 0. The fraction of sp³-hybridized carbons (Fsp3) is 0.867. The van der Waals surface area contributed by atoms with Crippen LogP contribution >= 0.6 is 0 Å². The van der Waals surface area contributed by atoms with Gasteiger partial charge in [0.1, 0.15) is 12.4 Å². The van der Waals surface area contributed by atoms with Crippen molar-refractivity contribution in [2.75, 3.05) is 13.3 Å². The Morgan fingerprint density at radius 2 is 1.71 bits per heavy atom.